The van der Waals surface area contributed by atoms with Crippen LogP contribution in [0.4, 0.5) is 5.69 Å². The molecule has 0 bridgehead atoms. The molecule has 166 valence electrons. The van der Waals surface area contributed by atoms with Crippen LogP contribution in [0.5, 0.6) is 5.75 Å². The van der Waals surface area contributed by atoms with Crippen molar-refractivity contribution in [3.63, 3.8) is 0 Å². The number of benzene rings is 2. The largest absolute Gasteiger partial charge is 0.477 e. The molecule has 0 fully saturated rings. The molecule has 2 N–H and O–H groups in total. The molecular weight excluding hydrogens is 414 g/mol. The van der Waals surface area contributed by atoms with E-state index in [4.69, 9.17) is 14.2 Å². The van der Waals surface area contributed by atoms with Crippen molar-refractivity contribution in [2.45, 2.75) is 25.4 Å². The van der Waals surface area contributed by atoms with Crippen molar-refractivity contribution in [1.29, 1.82) is 5.26 Å². The van der Waals surface area contributed by atoms with Crippen molar-refractivity contribution in [3.05, 3.63) is 75.8 Å². The molecule has 2 aromatic carbocycles. The first kappa shape index (κ1) is 22.7. The molecule has 1 aliphatic rings. The molecule has 1 atom stereocenters. The van der Waals surface area contributed by atoms with Gasteiger partial charge in [-0.15, -0.1) is 0 Å². The SMILES string of the molecule is COC(OC)[C@]1(C)C=C(NC(=NCc2ccccc2)NC#N)c2cc([N+](=O)[O-])ccc2O1. The van der Waals surface area contributed by atoms with Gasteiger partial charge in [-0.2, -0.15) is 5.26 Å². The van der Waals surface area contributed by atoms with Gasteiger partial charge in [0.05, 0.1) is 17.2 Å². The average molecular weight is 437 g/mol. The Balaban J connectivity index is 2.02. The Morgan fingerprint density at radius 2 is 2.00 bits per heavy atom. The van der Waals surface area contributed by atoms with Gasteiger partial charge in [0.1, 0.15) is 5.75 Å². The van der Waals surface area contributed by atoms with Gasteiger partial charge in [-0.05, 0) is 24.6 Å². The minimum atomic E-state index is -1.06. The van der Waals surface area contributed by atoms with E-state index in [1.807, 2.05) is 36.5 Å². The summed E-state index contributed by atoms with van der Waals surface area (Å²) in [5.41, 5.74) is 0.675. The normalized spacial score (nSPS) is 17.6. The molecule has 0 radical (unpaired) electrons. The smallest absolute Gasteiger partial charge is 0.270 e. The van der Waals surface area contributed by atoms with E-state index < -0.39 is 16.8 Å². The molecule has 1 aliphatic heterocycles. The number of guanidine groups is 1. The van der Waals surface area contributed by atoms with Crippen LogP contribution in [0, 0.1) is 21.6 Å². The highest BCUT2D eigenvalue weighted by Crippen LogP contribution is 2.39. The predicted octanol–water partition coefficient (Wildman–Crippen LogP) is 2.92. The van der Waals surface area contributed by atoms with Gasteiger partial charge in [0.25, 0.3) is 5.69 Å². The number of ether oxygens (including phenoxy) is 3. The third kappa shape index (κ3) is 5.03. The van der Waals surface area contributed by atoms with Gasteiger partial charge < -0.3 is 19.5 Å². The molecule has 0 spiro atoms. The first-order valence-electron chi connectivity index (χ1n) is 9.67. The second-order valence-corrected chi connectivity index (χ2v) is 7.10. The zero-order chi connectivity index (χ0) is 23.1. The van der Waals surface area contributed by atoms with Gasteiger partial charge in [-0.3, -0.25) is 15.4 Å². The fraction of sp³-hybridized carbons (Fsp3) is 0.273. The number of nitro benzene ring substituents is 1. The van der Waals surface area contributed by atoms with Crippen LogP contribution in [-0.2, 0) is 16.0 Å². The molecule has 3 rings (SSSR count). The van der Waals surface area contributed by atoms with Crippen molar-refractivity contribution in [2.24, 2.45) is 4.99 Å². The number of nitro groups is 1. The van der Waals surface area contributed by atoms with Crippen molar-refractivity contribution < 1.29 is 19.1 Å². The number of hydrogen-bond donors (Lipinski definition) is 2. The van der Waals surface area contributed by atoms with Crippen molar-refractivity contribution in [1.82, 2.24) is 10.6 Å². The Morgan fingerprint density at radius 3 is 2.62 bits per heavy atom. The molecule has 32 heavy (non-hydrogen) atoms. The minimum absolute atomic E-state index is 0.102. The van der Waals surface area contributed by atoms with Gasteiger partial charge in [0.2, 0.25) is 12.2 Å². The molecule has 0 unspecified atom stereocenters. The lowest BCUT2D eigenvalue weighted by Gasteiger charge is -2.38. The van der Waals surface area contributed by atoms with Gasteiger partial charge >= 0.3 is 0 Å². The standard InChI is InChI=1S/C22H23N5O5/c1-22(20(30-2)31-3)12-18(17-11-16(27(28)29)9-10-19(17)32-22)26-21(25-14-23)24-13-15-7-5-4-6-8-15/h4-12,20H,13H2,1-3H3,(H2,24,25,26)/t22-/m0/s1. The maximum absolute atomic E-state index is 11.3. The molecule has 0 saturated heterocycles. The van der Waals surface area contributed by atoms with Gasteiger partial charge in [-0.25, -0.2) is 4.99 Å². The summed E-state index contributed by atoms with van der Waals surface area (Å²) in [5.74, 6) is 0.567. The Hall–Kier alpha value is -3.94. The highest BCUT2D eigenvalue weighted by atomic mass is 16.7. The van der Waals surface area contributed by atoms with Crippen molar-refractivity contribution in [3.8, 4) is 11.9 Å². The van der Waals surface area contributed by atoms with E-state index in [2.05, 4.69) is 15.6 Å². The average Bonchev–Trinajstić information content (AvgIpc) is 2.78. The van der Waals surface area contributed by atoms with Crippen LogP contribution in [0.2, 0.25) is 0 Å². The lowest BCUT2D eigenvalue weighted by Crippen LogP contribution is -2.48. The third-order valence-corrected chi connectivity index (χ3v) is 4.81. The molecule has 1 heterocycles. The van der Waals surface area contributed by atoms with E-state index in [0.717, 1.165) is 5.56 Å². The number of non-ortho nitro benzene ring substituents is 1. The summed E-state index contributed by atoms with van der Waals surface area (Å²) >= 11 is 0. The fourth-order valence-electron chi connectivity index (χ4n) is 3.39. The van der Waals surface area contributed by atoms with E-state index in [-0.39, 0.29) is 11.6 Å². The Morgan fingerprint density at radius 1 is 1.28 bits per heavy atom. The van der Waals surface area contributed by atoms with Crippen molar-refractivity contribution in [2.75, 3.05) is 14.2 Å². The van der Waals surface area contributed by atoms with E-state index in [1.165, 1.54) is 32.4 Å². The summed E-state index contributed by atoms with van der Waals surface area (Å²) in [6.45, 7) is 2.08. The van der Waals surface area contributed by atoms with Crippen LogP contribution < -0.4 is 15.4 Å². The molecule has 10 nitrogen and oxygen atoms in total. The topological polar surface area (TPSA) is 131 Å². The molecular formula is C22H23N5O5. The number of hydrogen-bond acceptors (Lipinski definition) is 7. The monoisotopic (exact) mass is 437 g/mol. The van der Waals surface area contributed by atoms with Crippen LogP contribution in [0.15, 0.2) is 59.6 Å². The van der Waals surface area contributed by atoms with Gasteiger partial charge in [0, 0.05) is 31.9 Å². The van der Waals surface area contributed by atoms with Crippen LogP contribution in [0.25, 0.3) is 5.70 Å². The Labute approximate surface area is 185 Å². The predicted molar refractivity (Wildman–Crippen MR) is 117 cm³/mol. The van der Waals surface area contributed by atoms with E-state index in [1.54, 1.807) is 13.0 Å². The molecule has 2 aromatic rings. The lowest BCUT2D eigenvalue weighted by molar-refractivity contribution is -0.384. The lowest BCUT2D eigenvalue weighted by atomic mass is 9.96. The van der Waals surface area contributed by atoms with Crippen molar-refractivity contribution >= 4 is 17.3 Å². The summed E-state index contributed by atoms with van der Waals surface area (Å²) in [6, 6.07) is 13.8. The number of fused-ring (bicyclic) bond motifs is 1. The minimum Gasteiger partial charge on any atom is -0.477 e. The van der Waals surface area contributed by atoms with E-state index >= 15 is 0 Å². The van der Waals surface area contributed by atoms with Crippen LogP contribution >= 0.6 is 0 Å². The first-order valence-corrected chi connectivity index (χ1v) is 9.67. The number of nitriles is 1. The molecule has 0 amide bonds. The van der Waals surface area contributed by atoms with Gasteiger partial charge in [0.15, 0.2) is 11.8 Å². The fourth-order valence-corrected chi connectivity index (χ4v) is 3.39. The Bertz CT molecular complexity index is 1080. The van der Waals surface area contributed by atoms with Crippen LogP contribution in [0.3, 0.4) is 0 Å². The molecule has 0 aliphatic carbocycles. The number of methoxy groups -OCH3 is 2. The molecule has 0 aromatic heterocycles. The number of nitrogens with zero attached hydrogens (tertiary/aromatic N) is 3. The third-order valence-electron chi connectivity index (χ3n) is 4.81. The van der Waals surface area contributed by atoms with Crippen LogP contribution in [0.1, 0.15) is 18.1 Å². The quantitative estimate of drug-likeness (QED) is 0.129. The molecule has 0 saturated carbocycles. The summed E-state index contributed by atoms with van der Waals surface area (Å²) in [6.07, 6.45) is 2.77. The summed E-state index contributed by atoms with van der Waals surface area (Å²) in [5, 5.41) is 26.1. The van der Waals surface area contributed by atoms with E-state index in [0.29, 0.717) is 23.6 Å². The summed E-state index contributed by atoms with van der Waals surface area (Å²) in [4.78, 5) is 15.3. The maximum atomic E-state index is 11.3. The first-order chi connectivity index (χ1) is 15.4. The highest BCUT2D eigenvalue weighted by Gasteiger charge is 2.40. The summed E-state index contributed by atoms with van der Waals surface area (Å²) in [7, 11) is 2.97. The number of aliphatic imine (C=N–C) groups is 1. The van der Waals surface area contributed by atoms with Crippen LogP contribution in [-0.4, -0.2) is 37.0 Å². The number of rotatable bonds is 7. The number of nitrogens with one attached hydrogen (secondary N) is 2. The zero-order valence-corrected chi connectivity index (χ0v) is 17.9. The summed E-state index contributed by atoms with van der Waals surface area (Å²) < 4.78 is 16.9. The molecule has 10 heteroatoms. The zero-order valence-electron chi connectivity index (χ0n) is 17.9. The Kier molecular flexibility index (Phi) is 7.04. The highest BCUT2D eigenvalue weighted by molar-refractivity contribution is 5.92. The van der Waals surface area contributed by atoms with E-state index in [9.17, 15) is 15.4 Å². The second-order valence-electron chi connectivity index (χ2n) is 7.10. The van der Waals surface area contributed by atoms with Gasteiger partial charge in [-0.1, -0.05) is 30.3 Å². The maximum Gasteiger partial charge on any atom is 0.270 e. The second kappa shape index (κ2) is 9.91.